The maximum Gasteiger partial charge on any atom is 0.343 e. The van der Waals surface area contributed by atoms with Gasteiger partial charge in [0.25, 0.3) is 0 Å². The third kappa shape index (κ3) is 4.05. The Morgan fingerprint density at radius 2 is 2.25 bits per heavy atom. The number of nitrogens with zero attached hydrogens (tertiary/aromatic N) is 1. The zero-order chi connectivity index (χ0) is 15.3. The first kappa shape index (κ1) is 16.7. The summed E-state index contributed by atoms with van der Waals surface area (Å²) in [5.74, 6) is -1.65. The van der Waals surface area contributed by atoms with Crippen LogP contribution in [0.2, 0.25) is 5.02 Å². The maximum atomic E-state index is 13.8. The van der Waals surface area contributed by atoms with Crippen molar-refractivity contribution in [2.45, 2.75) is 13.8 Å². The van der Waals surface area contributed by atoms with Crippen LogP contribution in [0.3, 0.4) is 0 Å². The number of rotatable bonds is 4. The van der Waals surface area contributed by atoms with Crippen LogP contribution in [0.1, 0.15) is 13.8 Å². The monoisotopic (exact) mass is 363 g/mol. The van der Waals surface area contributed by atoms with E-state index in [1.165, 1.54) is 19.1 Å². The average molecular weight is 365 g/mol. The first-order valence-corrected chi connectivity index (χ1v) is 6.80. The van der Waals surface area contributed by atoms with E-state index in [0.29, 0.717) is 0 Å². The number of hydrogen-bond acceptors (Lipinski definition) is 4. The van der Waals surface area contributed by atoms with Gasteiger partial charge in [-0.2, -0.15) is 0 Å². The van der Waals surface area contributed by atoms with Gasteiger partial charge in [0.15, 0.2) is 5.82 Å². The SMILES string of the molecule is CCOC(=O)/C(C=Nc1ccc(Cl)c(Br)c1F)=C(\C)O. The van der Waals surface area contributed by atoms with Gasteiger partial charge in [-0.1, -0.05) is 11.6 Å². The van der Waals surface area contributed by atoms with Gasteiger partial charge in [-0.25, -0.2) is 9.18 Å². The molecule has 0 unspecified atom stereocenters. The summed E-state index contributed by atoms with van der Waals surface area (Å²) < 4.78 is 18.7. The molecule has 1 N–H and O–H groups in total. The molecule has 7 heteroatoms. The van der Waals surface area contributed by atoms with Crippen LogP contribution in [-0.2, 0) is 9.53 Å². The summed E-state index contributed by atoms with van der Waals surface area (Å²) in [6.07, 6.45) is 1.05. The van der Waals surface area contributed by atoms with Gasteiger partial charge >= 0.3 is 5.97 Å². The number of hydrogen-bond donors (Lipinski definition) is 1. The van der Waals surface area contributed by atoms with Crippen molar-refractivity contribution in [2.75, 3.05) is 6.61 Å². The summed E-state index contributed by atoms with van der Waals surface area (Å²) in [5, 5.41) is 9.63. The minimum atomic E-state index is -0.732. The molecule has 1 aromatic carbocycles. The molecule has 0 radical (unpaired) electrons. The molecule has 0 fully saturated rings. The first-order valence-electron chi connectivity index (χ1n) is 5.63. The van der Waals surface area contributed by atoms with Crippen molar-refractivity contribution in [1.29, 1.82) is 0 Å². The molecular weight excluding hydrogens is 353 g/mol. The van der Waals surface area contributed by atoms with E-state index in [0.717, 1.165) is 6.21 Å². The van der Waals surface area contributed by atoms with Crippen molar-refractivity contribution < 1.29 is 19.0 Å². The zero-order valence-electron chi connectivity index (χ0n) is 10.8. The molecule has 0 atom stereocenters. The van der Waals surface area contributed by atoms with Gasteiger partial charge in [0.2, 0.25) is 0 Å². The fourth-order valence-electron chi connectivity index (χ4n) is 1.25. The fourth-order valence-corrected chi connectivity index (χ4v) is 1.73. The minimum absolute atomic E-state index is 0.0238. The predicted molar refractivity (Wildman–Crippen MR) is 79.2 cm³/mol. The topological polar surface area (TPSA) is 58.9 Å². The van der Waals surface area contributed by atoms with Crippen LogP contribution in [-0.4, -0.2) is 23.9 Å². The van der Waals surface area contributed by atoms with Crippen LogP contribution in [0, 0.1) is 5.82 Å². The quantitative estimate of drug-likeness (QED) is 0.284. The van der Waals surface area contributed by atoms with Crippen LogP contribution in [0.4, 0.5) is 10.1 Å². The highest BCUT2D eigenvalue weighted by atomic mass is 79.9. The van der Waals surface area contributed by atoms with Crippen molar-refractivity contribution in [3.63, 3.8) is 0 Å². The smallest absolute Gasteiger partial charge is 0.343 e. The highest BCUT2D eigenvalue weighted by Gasteiger charge is 2.13. The van der Waals surface area contributed by atoms with E-state index in [2.05, 4.69) is 20.9 Å². The molecule has 4 nitrogen and oxygen atoms in total. The van der Waals surface area contributed by atoms with Crippen molar-refractivity contribution >= 4 is 45.4 Å². The summed E-state index contributed by atoms with van der Waals surface area (Å²) in [6.45, 7) is 3.10. The number of carbonyl (C=O) groups is 1. The second kappa shape index (κ2) is 7.40. The lowest BCUT2D eigenvalue weighted by Crippen LogP contribution is -2.10. The van der Waals surface area contributed by atoms with Crippen LogP contribution in [0.25, 0.3) is 0 Å². The Morgan fingerprint density at radius 3 is 2.80 bits per heavy atom. The molecular formula is C13H12BrClFNO3. The van der Waals surface area contributed by atoms with Gasteiger partial charge in [0.1, 0.15) is 11.3 Å². The Hall–Kier alpha value is -1.40. The summed E-state index contributed by atoms with van der Waals surface area (Å²) in [7, 11) is 0. The van der Waals surface area contributed by atoms with E-state index in [-0.39, 0.29) is 33.1 Å². The molecule has 0 aliphatic rings. The largest absolute Gasteiger partial charge is 0.512 e. The molecule has 0 aliphatic heterocycles. The summed E-state index contributed by atoms with van der Waals surface area (Å²) in [4.78, 5) is 15.4. The third-order valence-electron chi connectivity index (χ3n) is 2.23. The Balaban J connectivity index is 3.10. The summed E-state index contributed by atoms with van der Waals surface area (Å²) in [5.41, 5.74) is -0.165. The molecule has 0 saturated heterocycles. The fraction of sp³-hybridized carbons (Fsp3) is 0.231. The van der Waals surface area contributed by atoms with Gasteiger partial charge in [-0.3, -0.25) is 4.99 Å². The van der Waals surface area contributed by atoms with E-state index in [4.69, 9.17) is 16.3 Å². The van der Waals surface area contributed by atoms with Crippen LogP contribution >= 0.6 is 27.5 Å². The maximum absolute atomic E-state index is 13.8. The summed E-state index contributed by atoms with van der Waals surface area (Å²) in [6, 6.07) is 2.81. The molecule has 0 spiro atoms. The lowest BCUT2D eigenvalue weighted by molar-refractivity contribution is -0.138. The highest BCUT2D eigenvalue weighted by molar-refractivity contribution is 9.10. The Kier molecular flexibility index (Phi) is 6.16. The molecule has 1 aromatic rings. The first-order chi connectivity index (χ1) is 9.38. The zero-order valence-corrected chi connectivity index (χ0v) is 13.1. The summed E-state index contributed by atoms with van der Waals surface area (Å²) >= 11 is 8.71. The number of allylic oxidation sites excluding steroid dienone is 1. The second-order valence-corrected chi connectivity index (χ2v) is 4.87. The van der Waals surface area contributed by atoms with Crippen LogP contribution < -0.4 is 0 Å². The minimum Gasteiger partial charge on any atom is -0.512 e. The molecule has 0 saturated carbocycles. The van der Waals surface area contributed by atoms with Gasteiger partial charge < -0.3 is 9.84 Å². The van der Waals surface area contributed by atoms with Gasteiger partial charge in [-0.15, -0.1) is 0 Å². The number of ether oxygens (including phenoxy) is 1. The molecule has 0 heterocycles. The number of esters is 1. The molecule has 0 aromatic heterocycles. The number of aliphatic hydroxyl groups excluding tert-OH is 1. The van der Waals surface area contributed by atoms with Gasteiger partial charge in [-0.05, 0) is 41.9 Å². The molecule has 0 amide bonds. The van der Waals surface area contributed by atoms with E-state index >= 15 is 0 Å². The Morgan fingerprint density at radius 1 is 1.60 bits per heavy atom. The van der Waals surface area contributed by atoms with Crippen molar-refractivity contribution in [3.05, 3.63) is 38.8 Å². The van der Waals surface area contributed by atoms with Gasteiger partial charge in [0.05, 0.1) is 21.8 Å². The molecule has 0 aliphatic carbocycles. The number of aliphatic imine (C=N–C) groups is 1. The predicted octanol–water partition coefficient (Wildman–Crippen LogP) is 4.34. The molecule has 108 valence electrons. The lowest BCUT2D eigenvalue weighted by Gasteiger charge is -2.04. The van der Waals surface area contributed by atoms with Gasteiger partial charge in [0, 0.05) is 6.21 Å². The second-order valence-electron chi connectivity index (χ2n) is 3.67. The van der Waals surface area contributed by atoms with Crippen molar-refractivity contribution in [1.82, 2.24) is 0 Å². The standard InChI is InChI=1S/C13H12BrClFNO3/c1-3-20-13(19)8(7(2)18)6-17-10-5-4-9(15)11(14)12(10)16/h4-6,18H,3H2,1-2H3/b8-7+,17-6?. The van der Waals surface area contributed by atoms with Crippen molar-refractivity contribution in [3.8, 4) is 0 Å². The molecule has 0 bridgehead atoms. The Labute approximate surface area is 129 Å². The van der Waals surface area contributed by atoms with Crippen molar-refractivity contribution in [2.24, 2.45) is 4.99 Å². The molecule has 1 rings (SSSR count). The van der Waals surface area contributed by atoms with Crippen LogP contribution in [0.15, 0.2) is 32.9 Å². The van der Waals surface area contributed by atoms with E-state index in [1.54, 1.807) is 6.92 Å². The highest BCUT2D eigenvalue weighted by Crippen LogP contribution is 2.31. The van der Waals surface area contributed by atoms with E-state index in [9.17, 15) is 14.3 Å². The normalized spacial score (nSPS) is 12.4. The number of carbonyl (C=O) groups excluding carboxylic acids is 1. The van der Waals surface area contributed by atoms with Crippen LogP contribution in [0.5, 0.6) is 0 Å². The third-order valence-corrected chi connectivity index (χ3v) is 3.55. The number of halogens is 3. The lowest BCUT2D eigenvalue weighted by atomic mass is 10.2. The number of benzene rings is 1. The Bertz CT molecular complexity index is 583. The van der Waals surface area contributed by atoms with E-state index in [1.807, 2.05) is 0 Å². The average Bonchev–Trinajstić information content (AvgIpc) is 2.38. The van der Waals surface area contributed by atoms with E-state index < -0.39 is 11.8 Å². The molecule has 20 heavy (non-hydrogen) atoms. The number of aliphatic hydroxyl groups is 1.